The van der Waals surface area contributed by atoms with Gasteiger partial charge in [-0.25, -0.2) is 4.79 Å². The summed E-state index contributed by atoms with van der Waals surface area (Å²) in [5, 5.41) is 105. The molecule has 27 heteroatoms. The summed E-state index contributed by atoms with van der Waals surface area (Å²) in [6, 6.07) is 8.15. The average molecular weight is 1200 g/mol. The lowest BCUT2D eigenvalue weighted by Crippen LogP contribution is -2.55. The highest BCUT2D eigenvalue weighted by atomic mass is 35.5. The molecule has 6 heterocycles. The van der Waals surface area contributed by atoms with E-state index in [1.165, 1.54) is 54.6 Å². The number of aromatic hydroxyl groups is 6. The Kier molecular flexibility index (Phi) is 14.6. The van der Waals surface area contributed by atoms with Crippen molar-refractivity contribution in [3.8, 4) is 80.1 Å². The van der Waals surface area contributed by atoms with Crippen LogP contribution >= 0.6 is 23.2 Å². The van der Waals surface area contributed by atoms with E-state index < -0.39 is 152 Å². The molecule has 0 saturated heterocycles. The van der Waals surface area contributed by atoms with Crippen molar-refractivity contribution < 1.29 is 88.6 Å². The molecule has 0 aromatic heterocycles. The molecule has 6 aliphatic heterocycles. The smallest absolute Gasteiger partial charge is 0.330 e. The van der Waals surface area contributed by atoms with Gasteiger partial charge in [0, 0.05) is 35.2 Å². The van der Waals surface area contributed by atoms with Gasteiger partial charge in [-0.05, 0) is 112 Å². The van der Waals surface area contributed by atoms with Crippen LogP contribution in [0.3, 0.4) is 0 Å². The topological polar surface area (TPSA) is 407 Å². The standard InChI is InChI=1S/C58H45Cl2N7O18/c59-32-9-21-1-7-38(32)84-41-16-26-17-42(51(41)74)85-39-8-4-24(14-33(39)60)50(73)49-57(80)66-48(58(81)82)31-19-28(69)20-37(72)43(31)30-13-23(3-5-35(30)70)45(54(77)67-49)64-56(79)47(26)65-55(78)46-25-11-27(68)18-29(12-25)83-40-15-22(2-6-36(40)71)44(61)53(76)62-34(10-21)52(75)63-46/h1-9,11-20,34,44-50,68-74H,10,61H2,(H,62,76)(H,63,75)(H,64,79)(H,65,78)(H,66,80)(H,67,77)(H,81,82)/t34?,44?,45?,46?,47?,48-,49?,50?/m1/s1. The highest BCUT2D eigenvalue weighted by molar-refractivity contribution is 6.32. The first-order valence-corrected chi connectivity index (χ1v) is 26.3. The fraction of sp³-hybridized carbons (Fsp3) is 0.155. The summed E-state index contributed by atoms with van der Waals surface area (Å²) in [6.45, 7) is 0. The molecular formula is C58H45Cl2N7O18. The quantitative estimate of drug-likeness (QED) is 0.103. The zero-order chi connectivity index (χ0) is 60.4. The second-order valence-electron chi connectivity index (χ2n) is 20.1. The van der Waals surface area contributed by atoms with Gasteiger partial charge in [-0.1, -0.05) is 47.5 Å². The minimum Gasteiger partial charge on any atom is -0.508 e. The van der Waals surface area contributed by atoms with Crippen molar-refractivity contribution >= 4 is 64.6 Å². The van der Waals surface area contributed by atoms with E-state index in [0.717, 1.165) is 60.7 Å². The van der Waals surface area contributed by atoms with Crippen LogP contribution in [0.1, 0.15) is 75.3 Å². The van der Waals surface area contributed by atoms with Gasteiger partial charge in [-0.15, -0.1) is 0 Å². The van der Waals surface area contributed by atoms with Crippen molar-refractivity contribution in [1.82, 2.24) is 31.9 Å². The summed E-state index contributed by atoms with van der Waals surface area (Å²) in [6.07, 6.45) is -2.47. The van der Waals surface area contributed by atoms with Gasteiger partial charge < -0.3 is 92.7 Å². The minimum atomic E-state index is -2.19. The molecule has 17 bridgehead atoms. The highest BCUT2D eigenvalue weighted by Crippen LogP contribution is 2.48. The molecule has 7 unspecified atom stereocenters. The molecule has 0 saturated carbocycles. The summed E-state index contributed by atoms with van der Waals surface area (Å²) in [5.41, 5.74) is 4.41. The number of hydrogen-bond acceptors (Lipinski definition) is 18. The van der Waals surface area contributed by atoms with Crippen LogP contribution < -0.4 is 51.8 Å². The van der Waals surface area contributed by atoms with Gasteiger partial charge >= 0.3 is 5.97 Å². The van der Waals surface area contributed by atoms with Crippen molar-refractivity contribution in [3.05, 3.63) is 164 Å². The number of aliphatic hydroxyl groups excluding tert-OH is 1. The number of fused-ring (bicyclic) bond motifs is 14. The van der Waals surface area contributed by atoms with Gasteiger partial charge in [0.15, 0.2) is 29.0 Å². The van der Waals surface area contributed by atoms with E-state index in [4.69, 9.17) is 43.1 Å². The number of phenolic OH excluding ortho intramolecular Hbond substituents is 6. The zero-order valence-corrected chi connectivity index (χ0v) is 44.8. The van der Waals surface area contributed by atoms with Crippen LogP contribution in [0.15, 0.2) is 115 Å². The molecule has 6 amide bonds. The lowest BCUT2D eigenvalue weighted by Gasteiger charge is -2.31. The van der Waals surface area contributed by atoms with Crippen LogP contribution in [0.4, 0.5) is 0 Å². The number of carboxylic acid groups (broad SMARTS) is 1. The molecule has 7 aromatic rings. The molecule has 8 atom stereocenters. The van der Waals surface area contributed by atoms with Crippen molar-refractivity contribution in [2.45, 2.75) is 54.8 Å². The fourth-order valence-electron chi connectivity index (χ4n) is 10.2. The van der Waals surface area contributed by atoms with E-state index in [1.54, 1.807) is 0 Å². The van der Waals surface area contributed by atoms with Crippen LogP contribution in [-0.4, -0.2) is 94.3 Å². The van der Waals surface area contributed by atoms with Crippen LogP contribution in [0.2, 0.25) is 10.0 Å². The summed E-state index contributed by atoms with van der Waals surface area (Å²) >= 11 is 13.7. The summed E-state index contributed by atoms with van der Waals surface area (Å²) < 4.78 is 18.4. The maximum Gasteiger partial charge on any atom is 0.330 e. The maximum absolute atomic E-state index is 15.7. The predicted octanol–water partition coefficient (Wildman–Crippen LogP) is 4.98. The number of nitrogens with one attached hydrogen (secondary N) is 6. The lowest BCUT2D eigenvalue weighted by atomic mass is 9.89. The number of carboxylic acids is 1. The third kappa shape index (κ3) is 10.9. The first kappa shape index (κ1) is 56.4. The molecule has 13 rings (SSSR count). The Balaban J connectivity index is 1.14. The normalized spacial score (nSPS) is 22.0. The first-order chi connectivity index (χ1) is 40.5. The molecule has 25 nitrogen and oxygen atoms in total. The molecule has 16 N–H and O–H groups in total. The largest absolute Gasteiger partial charge is 0.508 e. The van der Waals surface area contributed by atoms with Gasteiger partial charge in [0.1, 0.15) is 82.6 Å². The number of hydrogen-bond donors (Lipinski definition) is 15. The Morgan fingerprint density at radius 3 is 1.74 bits per heavy atom. The summed E-state index contributed by atoms with van der Waals surface area (Å²) in [7, 11) is 0. The molecule has 434 valence electrons. The van der Waals surface area contributed by atoms with Crippen LogP contribution in [0, 0.1) is 0 Å². The molecule has 0 aliphatic carbocycles. The second-order valence-corrected chi connectivity index (χ2v) is 20.9. The third-order valence-corrected chi connectivity index (χ3v) is 15.0. The molecule has 0 radical (unpaired) electrons. The Bertz CT molecular complexity index is 4030. The lowest BCUT2D eigenvalue weighted by molar-refractivity contribution is -0.143. The molecule has 0 spiro atoms. The number of aliphatic carboxylic acids is 1. The minimum absolute atomic E-state index is 0.119. The van der Waals surface area contributed by atoms with E-state index in [-0.39, 0.29) is 67.3 Å². The van der Waals surface area contributed by atoms with E-state index in [1.807, 2.05) is 0 Å². The number of nitrogens with two attached hydrogens (primary N) is 1. The monoisotopic (exact) mass is 1200 g/mol. The number of benzene rings is 7. The molecule has 6 aliphatic rings. The van der Waals surface area contributed by atoms with E-state index in [2.05, 4.69) is 31.9 Å². The van der Waals surface area contributed by atoms with Crippen molar-refractivity contribution in [1.29, 1.82) is 0 Å². The Morgan fingerprint density at radius 1 is 0.494 bits per heavy atom. The van der Waals surface area contributed by atoms with Crippen LogP contribution in [-0.2, 0) is 40.0 Å². The van der Waals surface area contributed by atoms with E-state index >= 15 is 14.4 Å². The second kappa shape index (κ2) is 22.0. The van der Waals surface area contributed by atoms with Crippen molar-refractivity contribution in [2.75, 3.05) is 0 Å². The molecule has 7 aromatic carbocycles. The SMILES string of the molecule is NC1C(=O)NC2Cc3ccc(c(Cl)c3)Oc3cc4cc(c3O)Oc3ccc(cc3Cl)C(O)C3NC(=O)C(NC(=O)C4NC(=O)C(NC2=O)c2cc(O)cc(c2)Oc2cc1ccc2O)c1ccc(O)c(c1)-c1c(O)cc(O)cc1[C@H](C(=O)O)NC3=O. The van der Waals surface area contributed by atoms with Gasteiger partial charge in [0.05, 0.1) is 10.0 Å². The zero-order valence-electron chi connectivity index (χ0n) is 43.3. The first-order valence-electron chi connectivity index (χ1n) is 25.5. The number of phenols is 6. The van der Waals surface area contributed by atoms with Gasteiger partial charge in [-0.3, -0.25) is 28.8 Å². The van der Waals surface area contributed by atoms with Gasteiger partial charge in [0.25, 0.3) is 0 Å². The molecule has 0 fully saturated rings. The summed E-state index contributed by atoms with van der Waals surface area (Å²) in [4.78, 5) is 103. The number of halogens is 2. The van der Waals surface area contributed by atoms with Gasteiger partial charge in [0.2, 0.25) is 41.2 Å². The number of ether oxygens (including phenoxy) is 3. The van der Waals surface area contributed by atoms with Gasteiger partial charge in [-0.2, -0.15) is 0 Å². The number of carbonyl (C=O) groups is 7. The Labute approximate surface area is 488 Å². The maximum atomic E-state index is 15.7. The van der Waals surface area contributed by atoms with Crippen LogP contribution in [0.25, 0.3) is 11.1 Å². The Hall–Kier alpha value is -10.5. The third-order valence-electron chi connectivity index (χ3n) is 14.4. The summed E-state index contributed by atoms with van der Waals surface area (Å²) in [5.74, 6) is -14.9. The predicted molar refractivity (Wildman–Crippen MR) is 295 cm³/mol. The average Bonchev–Trinajstić information content (AvgIpc) is 3.65. The van der Waals surface area contributed by atoms with Crippen molar-refractivity contribution in [3.63, 3.8) is 0 Å². The number of carbonyl (C=O) groups excluding carboxylic acids is 6. The number of amides is 6. The van der Waals surface area contributed by atoms with E-state index in [9.17, 15) is 60.0 Å². The number of rotatable bonds is 1. The molecular weight excluding hydrogens is 1150 g/mol. The van der Waals surface area contributed by atoms with Crippen LogP contribution in [0.5, 0.6) is 69.0 Å². The van der Waals surface area contributed by atoms with E-state index in [0.29, 0.717) is 5.56 Å². The molecule has 85 heavy (non-hydrogen) atoms. The fourth-order valence-corrected chi connectivity index (χ4v) is 10.7. The Morgan fingerprint density at radius 2 is 1.07 bits per heavy atom. The van der Waals surface area contributed by atoms with Crippen molar-refractivity contribution in [2.24, 2.45) is 5.73 Å². The highest BCUT2D eigenvalue weighted by Gasteiger charge is 2.41. The number of aliphatic hydroxyl groups is 1.